The number of nitrogens with one attached hydrogen (secondary N) is 3. The average molecular weight is 340 g/mol. The lowest BCUT2D eigenvalue weighted by atomic mass is 10.2. The molecule has 6 nitrogen and oxygen atoms in total. The zero-order valence-corrected chi connectivity index (χ0v) is 14.1. The molecule has 2 rings (SSSR count). The van der Waals surface area contributed by atoms with Crippen molar-refractivity contribution < 1.29 is 14.3 Å². The summed E-state index contributed by atoms with van der Waals surface area (Å²) in [5.41, 5.74) is 1.42. The molecule has 7 heteroatoms. The van der Waals surface area contributed by atoms with Crippen molar-refractivity contribution in [3.8, 4) is 5.75 Å². The van der Waals surface area contributed by atoms with Crippen molar-refractivity contribution in [3.05, 3.63) is 22.7 Å². The number of hydrogen-bond donors (Lipinski definition) is 3. The Morgan fingerprint density at radius 2 is 2.22 bits per heavy atom. The Hall–Kier alpha value is -1.79. The molecule has 126 valence electrons. The van der Waals surface area contributed by atoms with E-state index in [1.54, 1.807) is 12.1 Å². The Bertz CT molecular complexity index is 586. The Balaban J connectivity index is 1.82. The van der Waals surface area contributed by atoms with Crippen molar-refractivity contribution in [1.82, 2.24) is 10.6 Å². The standard InChI is InChI=1S/C16H22ClN3O3/c1-10-8-13(14(23-2)9-11(10)17)20-15(21)5-7-19-16(22)12-4-3-6-18-12/h8-9,12,18H,3-7H2,1-2H3,(H,19,22)(H,20,21). The van der Waals surface area contributed by atoms with Gasteiger partial charge < -0.3 is 20.7 Å². The lowest BCUT2D eigenvalue weighted by Gasteiger charge is -2.13. The predicted octanol–water partition coefficient (Wildman–Crippen LogP) is 1.85. The monoisotopic (exact) mass is 339 g/mol. The summed E-state index contributed by atoms with van der Waals surface area (Å²) in [5.74, 6) is 0.271. The molecule has 0 bridgehead atoms. The van der Waals surface area contributed by atoms with Crippen LogP contribution in [0.3, 0.4) is 0 Å². The Morgan fingerprint density at radius 1 is 1.43 bits per heavy atom. The molecule has 0 aliphatic carbocycles. The fourth-order valence-electron chi connectivity index (χ4n) is 2.47. The summed E-state index contributed by atoms with van der Waals surface area (Å²) in [5, 5.41) is 9.26. The highest BCUT2D eigenvalue weighted by molar-refractivity contribution is 6.31. The fourth-order valence-corrected chi connectivity index (χ4v) is 2.63. The van der Waals surface area contributed by atoms with Gasteiger partial charge in [0, 0.05) is 24.1 Å². The number of anilines is 1. The first-order valence-electron chi connectivity index (χ1n) is 7.66. The summed E-state index contributed by atoms with van der Waals surface area (Å²) >= 11 is 6.04. The molecule has 1 heterocycles. The molecule has 0 aromatic heterocycles. The largest absolute Gasteiger partial charge is 0.495 e. The average Bonchev–Trinajstić information content (AvgIpc) is 3.05. The van der Waals surface area contributed by atoms with Crippen LogP contribution in [0.25, 0.3) is 0 Å². The van der Waals surface area contributed by atoms with E-state index in [0.29, 0.717) is 23.0 Å². The van der Waals surface area contributed by atoms with Crippen molar-refractivity contribution in [2.75, 3.05) is 25.5 Å². The second kappa shape index (κ2) is 8.17. The number of amides is 2. The number of aryl methyl sites for hydroxylation is 1. The van der Waals surface area contributed by atoms with E-state index in [1.165, 1.54) is 7.11 Å². The van der Waals surface area contributed by atoms with Gasteiger partial charge in [-0.2, -0.15) is 0 Å². The van der Waals surface area contributed by atoms with Gasteiger partial charge in [0.1, 0.15) is 5.75 Å². The normalized spacial score (nSPS) is 16.9. The van der Waals surface area contributed by atoms with Crippen molar-refractivity contribution >= 4 is 29.1 Å². The van der Waals surface area contributed by atoms with Crippen LogP contribution >= 0.6 is 11.6 Å². The molecule has 3 N–H and O–H groups in total. The van der Waals surface area contributed by atoms with Gasteiger partial charge in [-0.15, -0.1) is 0 Å². The highest BCUT2D eigenvalue weighted by atomic mass is 35.5. The zero-order chi connectivity index (χ0) is 16.8. The highest BCUT2D eigenvalue weighted by Crippen LogP contribution is 2.30. The second-order valence-electron chi connectivity index (χ2n) is 5.54. The maximum atomic E-state index is 12.0. The summed E-state index contributed by atoms with van der Waals surface area (Å²) in [6.45, 7) is 3.03. The van der Waals surface area contributed by atoms with Crippen LogP contribution in [0.2, 0.25) is 5.02 Å². The molecule has 0 saturated carbocycles. The third-order valence-corrected chi connectivity index (χ3v) is 4.19. The summed E-state index contributed by atoms with van der Waals surface area (Å²) < 4.78 is 5.22. The molecule has 0 spiro atoms. The molecule has 1 saturated heterocycles. The lowest BCUT2D eigenvalue weighted by molar-refractivity contribution is -0.122. The fraction of sp³-hybridized carbons (Fsp3) is 0.500. The number of halogens is 1. The molecule has 1 aliphatic rings. The number of benzene rings is 1. The summed E-state index contributed by atoms with van der Waals surface area (Å²) in [4.78, 5) is 23.8. The Labute approximate surface area is 140 Å². The van der Waals surface area contributed by atoms with Crippen LogP contribution in [-0.2, 0) is 9.59 Å². The van der Waals surface area contributed by atoms with Crippen LogP contribution in [0.4, 0.5) is 5.69 Å². The number of carbonyl (C=O) groups is 2. The molecule has 1 aliphatic heterocycles. The van der Waals surface area contributed by atoms with Gasteiger partial charge in [0.25, 0.3) is 0 Å². The molecule has 1 aromatic rings. The minimum Gasteiger partial charge on any atom is -0.495 e. The number of ether oxygens (including phenoxy) is 1. The smallest absolute Gasteiger partial charge is 0.237 e. The van der Waals surface area contributed by atoms with Crippen molar-refractivity contribution in [1.29, 1.82) is 0 Å². The summed E-state index contributed by atoms with van der Waals surface area (Å²) in [7, 11) is 1.52. The van der Waals surface area contributed by atoms with E-state index >= 15 is 0 Å². The van der Waals surface area contributed by atoms with Crippen molar-refractivity contribution in [3.63, 3.8) is 0 Å². The number of hydrogen-bond acceptors (Lipinski definition) is 4. The van der Waals surface area contributed by atoms with Crippen molar-refractivity contribution in [2.24, 2.45) is 0 Å². The van der Waals surface area contributed by atoms with Gasteiger partial charge in [-0.3, -0.25) is 9.59 Å². The zero-order valence-electron chi connectivity index (χ0n) is 13.4. The maximum absolute atomic E-state index is 12.0. The van der Waals surface area contributed by atoms with Gasteiger partial charge in [0.05, 0.1) is 18.8 Å². The number of rotatable bonds is 6. The topological polar surface area (TPSA) is 79.5 Å². The molecule has 23 heavy (non-hydrogen) atoms. The molecular formula is C16H22ClN3O3. The lowest BCUT2D eigenvalue weighted by Crippen LogP contribution is -2.41. The van der Waals surface area contributed by atoms with E-state index in [-0.39, 0.29) is 24.3 Å². The van der Waals surface area contributed by atoms with E-state index in [1.807, 2.05) is 6.92 Å². The van der Waals surface area contributed by atoms with Gasteiger partial charge in [-0.25, -0.2) is 0 Å². The maximum Gasteiger partial charge on any atom is 0.237 e. The van der Waals surface area contributed by atoms with Crippen molar-refractivity contribution in [2.45, 2.75) is 32.2 Å². The number of methoxy groups -OCH3 is 1. The molecule has 1 atom stereocenters. The predicted molar refractivity (Wildman–Crippen MR) is 90.0 cm³/mol. The van der Waals surface area contributed by atoms with E-state index in [9.17, 15) is 9.59 Å². The highest BCUT2D eigenvalue weighted by Gasteiger charge is 2.21. The molecule has 1 aromatic carbocycles. The van der Waals surface area contributed by atoms with Gasteiger partial charge >= 0.3 is 0 Å². The minimum atomic E-state index is -0.190. The van der Waals surface area contributed by atoms with E-state index in [0.717, 1.165) is 24.9 Å². The van der Waals surface area contributed by atoms with Crippen LogP contribution < -0.4 is 20.7 Å². The quantitative estimate of drug-likeness (QED) is 0.739. The van der Waals surface area contributed by atoms with Crippen LogP contribution in [0.15, 0.2) is 12.1 Å². The van der Waals surface area contributed by atoms with Gasteiger partial charge in [0.15, 0.2) is 0 Å². The first-order chi connectivity index (χ1) is 11.0. The summed E-state index contributed by atoms with van der Waals surface area (Å²) in [6.07, 6.45) is 2.05. The molecule has 2 amide bonds. The molecular weight excluding hydrogens is 318 g/mol. The summed E-state index contributed by atoms with van der Waals surface area (Å²) in [6, 6.07) is 3.30. The molecule has 0 radical (unpaired) electrons. The second-order valence-corrected chi connectivity index (χ2v) is 5.95. The molecule has 1 fully saturated rings. The van der Waals surface area contributed by atoms with Gasteiger partial charge in [-0.1, -0.05) is 11.6 Å². The minimum absolute atomic E-state index is 0.0461. The van der Waals surface area contributed by atoms with E-state index in [4.69, 9.17) is 16.3 Å². The van der Waals surface area contributed by atoms with E-state index < -0.39 is 0 Å². The third kappa shape index (κ3) is 4.84. The van der Waals surface area contributed by atoms with Crippen LogP contribution in [-0.4, -0.2) is 38.1 Å². The van der Waals surface area contributed by atoms with Crippen LogP contribution in [0.5, 0.6) is 5.75 Å². The van der Waals surface area contributed by atoms with Gasteiger partial charge in [0.2, 0.25) is 11.8 Å². The van der Waals surface area contributed by atoms with Gasteiger partial charge in [-0.05, 0) is 37.9 Å². The first-order valence-corrected chi connectivity index (χ1v) is 8.04. The Morgan fingerprint density at radius 3 is 2.87 bits per heavy atom. The third-order valence-electron chi connectivity index (χ3n) is 3.78. The van der Waals surface area contributed by atoms with Crippen LogP contribution in [0, 0.1) is 6.92 Å². The van der Waals surface area contributed by atoms with Crippen LogP contribution in [0.1, 0.15) is 24.8 Å². The SMILES string of the molecule is COc1cc(Cl)c(C)cc1NC(=O)CCNC(=O)C1CCCN1. The molecule has 1 unspecified atom stereocenters. The van der Waals surface area contributed by atoms with E-state index in [2.05, 4.69) is 16.0 Å². The number of carbonyl (C=O) groups excluding carboxylic acids is 2. The first kappa shape index (κ1) is 17.6. The Kier molecular flexibility index (Phi) is 6.24.